The molecule has 1 heterocycles. The Morgan fingerprint density at radius 1 is 0.935 bits per heavy atom. The Bertz CT molecular complexity index is 1040. The van der Waals surface area contributed by atoms with E-state index in [-0.39, 0.29) is 17.3 Å². The van der Waals surface area contributed by atoms with Crippen LogP contribution in [0.25, 0.3) is 0 Å². The van der Waals surface area contributed by atoms with Gasteiger partial charge in [0.05, 0.1) is 0 Å². The number of carbonyl (C=O) groups excluding carboxylic acids is 1. The molecular formula is C21H19F3N4O3. The number of ether oxygens (including phenoxy) is 2. The zero-order valence-corrected chi connectivity index (χ0v) is 16.6. The SMILES string of the molecule is CN(C)c1ccc(NC(=O)Nc2cccnc2Oc2ccccc2OC(F)(F)F)cc1. The molecule has 10 heteroatoms. The summed E-state index contributed by atoms with van der Waals surface area (Å²) in [5, 5.41) is 5.24. The molecule has 0 spiro atoms. The molecule has 0 saturated carbocycles. The van der Waals surface area contributed by atoms with E-state index in [1.54, 1.807) is 18.2 Å². The van der Waals surface area contributed by atoms with Gasteiger partial charge in [0.2, 0.25) is 5.88 Å². The van der Waals surface area contributed by atoms with Crippen molar-refractivity contribution in [2.75, 3.05) is 29.6 Å². The predicted molar refractivity (Wildman–Crippen MR) is 111 cm³/mol. The number of nitrogens with one attached hydrogen (secondary N) is 2. The first kappa shape index (κ1) is 21.8. The van der Waals surface area contributed by atoms with Crippen LogP contribution in [-0.2, 0) is 0 Å². The maximum absolute atomic E-state index is 12.6. The summed E-state index contributed by atoms with van der Waals surface area (Å²) >= 11 is 0. The lowest BCUT2D eigenvalue weighted by Crippen LogP contribution is -2.20. The summed E-state index contributed by atoms with van der Waals surface area (Å²) in [6, 6.07) is 14.9. The van der Waals surface area contributed by atoms with E-state index in [1.165, 1.54) is 30.5 Å². The first-order chi connectivity index (χ1) is 14.7. The molecule has 162 valence electrons. The number of pyridine rings is 1. The maximum Gasteiger partial charge on any atom is 0.573 e. The summed E-state index contributed by atoms with van der Waals surface area (Å²) in [5.74, 6) is -0.836. The van der Waals surface area contributed by atoms with Crippen LogP contribution >= 0.6 is 0 Å². The Morgan fingerprint density at radius 3 is 2.26 bits per heavy atom. The van der Waals surface area contributed by atoms with Crippen LogP contribution < -0.4 is 25.0 Å². The van der Waals surface area contributed by atoms with Crippen molar-refractivity contribution in [3.8, 4) is 17.4 Å². The molecule has 2 N–H and O–H groups in total. The van der Waals surface area contributed by atoms with Gasteiger partial charge in [0.1, 0.15) is 5.69 Å². The second kappa shape index (κ2) is 9.24. The molecule has 0 atom stereocenters. The number of hydrogen-bond donors (Lipinski definition) is 2. The van der Waals surface area contributed by atoms with Gasteiger partial charge in [-0.2, -0.15) is 0 Å². The van der Waals surface area contributed by atoms with Gasteiger partial charge in [0, 0.05) is 31.7 Å². The Kier molecular flexibility index (Phi) is 6.49. The minimum absolute atomic E-state index is 0.0983. The molecule has 0 fully saturated rings. The van der Waals surface area contributed by atoms with Crippen molar-refractivity contribution in [3.05, 3.63) is 66.9 Å². The van der Waals surface area contributed by atoms with Crippen LogP contribution in [0.3, 0.4) is 0 Å². The molecular weight excluding hydrogens is 413 g/mol. The molecule has 1 aromatic heterocycles. The number of hydrogen-bond acceptors (Lipinski definition) is 5. The normalized spacial score (nSPS) is 10.9. The lowest BCUT2D eigenvalue weighted by molar-refractivity contribution is -0.275. The molecule has 0 aliphatic rings. The smallest absolute Gasteiger partial charge is 0.433 e. The number of halogens is 3. The fourth-order valence-corrected chi connectivity index (χ4v) is 2.54. The van der Waals surface area contributed by atoms with E-state index in [0.717, 1.165) is 11.8 Å². The number of alkyl halides is 3. The van der Waals surface area contributed by atoms with Gasteiger partial charge in [-0.1, -0.05) is 12.1 Å². The van der Waals surface area contributed by atoms with Crippen molar-refractivity contribution in [3.63, 3.8) is 0 Å². The number of nitrogens with zero attached hydrogens (tertiary/aromatic N) is 2. The summed E-state index contributed by atoms with van der Waals surface area (Å²) in [4.78, 5) is 18.3. The van der Waals surface area contributed by atoms with Crippen molar-refractivity contribution in [2.24, 2.45) is 0 Å². The summed E-state index contributed by atoms with van der Waals surface area (Å²) in [7, 11) is 3.80. The molecule has 0 unspecified atom stereocenters. The van der Waals surface area contributed by atoms with Gasteiger partial charge in [-0.05, 0) is 48.5 Å². The molecule has 3 rings (SSSR count). The molecule has 0 aliphatic carbocycles. The zero-order valence-electron chi connectivity index (χ0n) is 16.6. The lowest BCUT2D eigenvalue weighted by Gasteiger charge is -2.15. The number of para-hydroxylation sites is 2. The fraction of sp³-hybridized carbons (Fsp3) is 0.143. The second-order valence-electron chi connectivity index (χ2n) is 6.47. The van der Waals surface area contributed by atoms with Crippen LogP contribution in [0.1, 0.15) is 0 Å². The van der Waals surface area contributed by atoms with E-state index in [9.17, 15) is 18.0 Å². The number of urea groups is 1. The molecule has 0 bridgehead atoms. The maximum atomic E-state index is 12.6. The third kappa shape index (κ3) is 6.26. The summed E-state index contributed by atoms with van der Waals surface area (Å²) in [6.07, 6.45) is -3.50. The fourth-order valence-electron chi connectivity index (χ4n) is 2.54. The highest BCUT2D eigenvalue weighted by Crippen LogP contribution is 2.36. The van der Waals surface area contributed by atoms with Crippen molar-refractivity contribution in [1.82, 2.24) is 4.98 Å². The minimum Gasteiger partial charge on any atom is -0.433 e. The van der Waals surface area contributed by atoms with Crippen LogP contribution in [0.4, 0.5) is 35.0 Å². The van der Waals surface area contributed by atoms with Gasteiger partial charge in [-0.3, -0.25) is 0 Å². The Balaban J connectivity index is 1.73. The molecule has 31 heavy (non-hydrogen) atoms. The summed E-state index contributed by atoms with van der Waals surface area (Å²) < 4.78 is 47.3. The average molecular weight is 432 g/mol. The first-order valence-electron chi connectivity index (χ1n) is 9.04. The van der Waals surface area contributed by atoms with E-state index >= 15 is 0 Å². The number of benzene rings is 2. The molecule has 0 saturated heterocycles. The second-order valence-corrected chi connectivity index (χ2v) is 6.47. The van der Waals surface area contributed by atoms with Crippen LogP contribution in [0.15, 0.2) is 66.9 Å². The third-order valence-electron chi connectivity index (χ3n) is 3.94. The van der Waals surface area contributed by atoms with Crippen molar-refractivity contribution >= 4 is 23.1 Å². The highest BCUT2D eigenvalue weighted by Gasteiger charge is 2.32. The minimum atomic E-state index is -4.88. The quantitative estimate of drug-likeness (QED) is 0.539. The van der Waals surface area contributed by atoms with E-state index in [4.69, 9.17) is 4.74 Å². The highest BCUT2D eigenvalue weighted by molar-refractivity contribution is 6.00. The van der Waals surface area contributed by atoms with Crippen molar-refractivity contribution in [1.29, 1.82) is 0 Å². The predicted octanol–water partition coefficient (Wildman–Crippen LogP) is 5.48. The lowest BCUT2D eigenvalue weighted by atomic mass is 10.2. The van der Waals surface area contributed by atoms with Gasteiger partial charge in [0.15, 0.2) is 11.5 Å². The number of amides is 2. The first-order valence-corrected chi connectivity index (χ1v) is 9.04. The molecule has 3 aromatic rings. The average Bonchev–Trinajstić information content (AvgIpc) is 2.70. The molecule has 7 nitrogen and oxygen atoms in total. The van der Waals surface area contributed by atoms with E-state index in [2.05, 4.69) is 20.4 Å². The Morgan fingerprint density at radius 2 is 1.61 bits per heavy atom. The number of anilines is 3. The van der Waals surface area contributed by atoms with Gasteiger partial charge in [-0.15, -0.1) is 13.2 Å². The topological polar surface area (TPSA) is 75.7 Å². The van der Waals surface area contributed by atoms with Crippen LogP contribution in [0.5, 0.6) is 17.4 Å². The van der Waals surface area contributed by atoms with Crippen LogP contribution in [-0.4, -0.2) is 31.5 Å². The number of rotatable bonds is 6. The van der Waals surface area contributed by atoms with Gasteiger partial charge >= 0.3 is 12.4 Å². The number of carbonyl (C=O) groups is 1. The number of aromatic nitrogens is 1. The van der Waals surface area contributed by atoms with E-state index in [1.807, 2.05) is 31.1 Å². The van der Waals surface area contributed by atoms with Gasteiger partial charge in [-0.25, -0.2) is 9.78 Å². The Labute approximate surface area is 176 Å². The van der Waals surface area contributed by atoms with E-state index in [0.29, 0.717) is 5.69 Å². The summed E-state index contributed by atoms with van der Waals surface area (Å²) in [5.41, 5.74) is 1.68. The van der Waals surface area contributed by atoms with Gasteiger partial charge < -0.3 is 25.0 Å². The molecule has 0 aliphatic heterocycles. The van der Waals surface area contributed by atoms with Crippen molar-refractivity contribution < 1.29 is 27.4 Å². The Hall–Kier alpha value is -3.95. The van der Waals surface area contributed by atoms with Crippen LogP contribution in [0.2, 0.25) is 0 Å². The molecule has 0 radical (unpaired) electrons. The monoisotopic (exact) mass is 432 g/mol. The van der Waals surface area contributed by atoms with E-state index < -0.39 is 18.1 Å². The standard InChI is InChI=1S/C21H19F3N4O3/c1-28(2)15-11-9-14(10-12-15)26-20(29)27-16-6-5-13-25-19(16)30-17-7-3-4-8-18(17)31-21(22,23)24/h3-13H,1-2H3,(H2,26,27,29). The third-order valence-corrected chi connectivity index (χ3v) is 3.94. The summed E-state index contributed by atoms with van der Waals surface area (Å²) in [6.45, 7) is 0. The zero-order chi connectivity index (χ0) is 22.4. The molecule has 2 aromatic carbocycles. The van der Waals surface area contributed by atoms with Crippen molar-refractivity contribution in [2.45, 2.75) is 6.36 Å². The van der Waals surface area contributed by atoms with Crippen LogP contribution in [0, 0.1) is 0 Å². The molecule has 2 amide bonds. The largest absolute Gasteiger partial charge is 0.573 e. The van der Waals surface area contributed by atoms with Gasteiger partial charge in [0.25, 0.3) is 0 Å². The highest BCUT2D eigenvalue weighted by atomic mass is 19.4.